The summed E-state index contributed by atoms with van der Waals surface area (Å²) in [6, 6.07) is 9.37. The summed E-state index contributed by atoms with van der Waals surface area (Å²) in [4.78, 5) is 0.452. The molecule has 0 amide bonds. The number of sulfonamides is 1. The number of hydrogen-bond acceptors (Lipinski definition) is 4. The third-order valence-electron chi connectivity index (χ3n) is 2.72. The molecule has 1 saturated heterocycles. The molecule has 3 nitrogen and oxygen atoms in total. The van der Waals surface area contributed by atoms with Gasteiger partial charge in [-0.05, 0) is 23.5 Å². The van der Waals surface area contributed by atoms with E-state index in [9.17, 15) is 8.42 Å². The minimum Gasteiger partial charge on any atom is -0.207 e. The van der Waals surface area contributed by atoms with Crippen LogP contribution in [0.15, 0.2) is 34.6 Å². The lowest BCUT2D eigenvalue weighted by atomic mass is 10.2. The molecule has 1 aromatic carbocycles. The van der Waals surface area contributed by atoms with Crippen molar-refractivity contribution in [2.24, 2.45) is 0 Å². The summed E-state index contributed by atoms with van der Waals surface area (Å²) in [5.74, 6) is 1.98. The molecule has 1 aliphatic rings. The molecule has 1 aliphatic heterocycles. The minimum atomic E-state index is -3.42. The summed E-state index contributed by atoms with van der Waals surface area (Å²) in [5.41, 5.74) is 0.771. The van der Waals surface area contributed by atoms with Crippen LogP contribution in [-0.2, 0) is 10.0 Å². The zero-order valence-corrected chi connectivity index (χ0v) is 13.4. The number of rotatable bonds is 3. The van der Waals surface area contributed by atoms with Crippen LogP contribution in [0.1, 0.15) is 12.0 Å². The molecule has 0 aromatic heterocycles. The molecule has 104 valence electrons. The maximum atomic E-state index is 12.6. The summed E-state index contributed by atoms with van der Waals surface area (Å²) < 4.78 is 27.4. The van der Waals surface area contributed by atoms with E-state index in [1.807, 2.05) is 30.3 Å². The highest BCUT2D eigenvalue weighted by molar-refractivity contribution is 8.24. The molecule has 0 unspecified atom stereocenters. The Morgan fingerprint density at radius 2 is 1.68 bits per heavy atom. The Morgan fingerprint density at radius 1 is 1.11 bits per heavy atom. The van der Waals surface area contributed by atoms with E-state index in [-0.39, 0.29) is 0 Å². The SMILES string of the molecule is CN(C)S(=O)(=O)C(=C1SCCCS1)c1ccccc1. The number of nitrogens with zero attached hydrogens (tertiary/aromatic N) is 1. The fourth-order valence-electron chi connectivity index (χ4n) is 1.71. The maximum Gasteiger partial charge on any atom is 0.244 e. The Balaban J connectivity index is 2.58. The lowest BCUT2D eigenvalue weighted by Crippen LogP contribution is -2.24. The van der Waals surface area contributed by atoms with E-state index in [2.05, 4.69) is 0 Å². The zero-order valence-electron chi connectivity index (χ0n) is 11.0. The third kappa shape index (κ3) is 3.37. The van der Waals surface area contributed by atoms with Crippen molar-refractivity contribution in [3.05, 3.63) is 40.1 Å². The number of thioether (sulfide) groups is 2. The van der Waals surface area contributed by atoms with Crippen LogP contribution in [0.25, 0.3) is 4.91 Å². The molecule has 0 atom stereocenters. The Labute approximate surface area is 123 Å². The zero-order chi connectivity index (χ0) is 13.9. The first-order chi connectivity index (χ1) is 9.03. The monoisotopic (exact) mass is 315 g/mol. The van der Waals surface area contributed by atoms with Crippen molar-refractivity contribution in [3.8, 4) is 0 Å². The molecule has 0 aliphatic carbocycles. The van der Waals surface area contributed by atoms with Gasteiger partial charge in [-0.2, -0.15) is 0 Å². The highest BCUT2D eigenvalue weighted by atomic mass is 32.2. The number of benzene rings is 1. The molecular formula is C13H17NO2S3. The van der Waals surface area contributed by atoms with E-state index in [1.54, 1.807) is 37.6 Å². The maximum absolute atomic E-state index is 12.6. The van der Waals surface area contributed by atoms with Gasteiger partial charge in [-0.25, -0.2) is 12.7 Å². The molecule has 0 spiro atoms. The standard InChI is InChI=1S/C13H17NO2S3/c1-14(2)19(15,16)12(11-7-4-3-5-8-11)13-17-9-6-10-18-13/h3-5,7-8H,6,9-10H2,1-2H3. The van der Waals surface area contributed by atoms with E-state index in [0.717, 1.165) is 27.7 Å². The average Bonchev–Trinajstić information content (AvgIpc) is 2.41. The van der Waals surface area contributed by atoms with Gasteiger partial charge < -0.3 is 0 Å². The highest BCUT2D eigenvalue weighted by Gasteiger charge is 2.27. The van der Waals surface area contributed by atoms with Gasteiger partial charge in [0.05, 0.1) is 4.24 Å². The Bertz CT molecular complexity index is 557. The second-order valence-corrected chi connectivity index (χ2v) is 8.88. The summed E-state index contributed by atoms with van der Waals surface area (Å²) in [5, 5.41) is 0. The van der Waals surface area contributed by atoms with Crippen LogP contribution in [0.5, 0.6) is 0 Å². The van der Waals surface area contributed by atoms with Gasteiger partial charge >= 0.3 is 0 Å². The van der Waals surface area contributed by atoms with Crippen LogP contribution in [0, 0.1) is 0 Å². The molecule has 1 aromatic rings. The topological polar surface area (TPSA) is 37.4 Å². The second kappa shape index (κ2) is 6.35. The van der Waals surface area contributed by atoms with Gasteiger partial charge in [-0.3, -0.25) is 0 Å². The van der Waals surface area contributed by atoms with Gasteiger partial charge in [-0.15, -0.1) is 23.5 Å². The molecule has 0 saturated carbocycles. The average molecular weight is 315 g/mol. The van der Waals surface area contributed by atoms with Crippen LogP contribution < -0.4 is 0 Å². The summed E-state index contributed by atoms with van der Waals surface area (Å²) in [7, 11) is -0.260. The predicted octanol–water partition coefficient (Wildman–Crippen LogP) is 3.07. The molecule has 19 heavy (non-hydrogen) atoms. The first-order valence-electron chi connectivity index (χ1n) is 6.01. The fourth-order valence-corrected chi connectivity index (χ4v) is 6.16. The van der Waals surface area contributed by atoms with E-state index in [0.29, 0.717) is 4.91 Å². The van der Waals surface area contributed by atoms with E-state index >= 15 is 0 Å². The lowest BCUT2D eigenvalue weighted by Gasteiger charge is -2.21. The van der Waals surface area contributed by atoms with Gasteiger partial charge in [0.15, 0.2) is 0 Å². The Hall–Kier alpha value is -0.430. The first-order valence-corrected chi connectivity index (χ1v) is 9.42. The molecule has 2 rings (SSSR count). The highest BCUT2D eigenvalue weighted by Crippen LogP contribution is 2.42. The van der Waals surface area contributed by atoms with Crippen LogP contribution in [0.2, 0.25) is 0 Å². The van der Waals surface area contributed by atoms with Crippen molar-refractivity contribution in [2.75, 3.05) is 25.6 Å². The predicted molar refractivity (Wildman–Crippen MR) is 85.5 cm³/mol. The molecule has 6 heteroatoms. The third-order valence-corrected chi connectivity index (χ3v) is 7.52. The fraction of sp³-hybridized carbons (Fsp3) is 0.385. The number of hydrogen-bond donors (Lipinski definition) is 0. The van der Waals surface area contributed by atoms with Gasteiger partial charge in [0, 0.05) is 14.1 Å². The molecule has 0 radical (unpaired) electrons. The Kier molecular flexibility index (Phi) is 5.00. The normalized spacial score (nSPS) is 16.7. The van der Waals surface area contributed by atoms with E-state index in [1.165, 1.54) is 4.31 Å². The summed E-state index contributed by atoms with van der Waals surface area (Å²) >= 11 is 3.29. The first kappa shape index (κ1) is 15.0. The largest absolute Gasteiger partial charge is 0.244 e. The molecular weight excluding hydrogens is 298 g/mol. The van der Waals surface area contributed by atoms with Crippen molar-refractivity contribution in [1.29, 1.82) is 0 Å². The van der Waals surface area contributed by atoms with Crippen molar-refractivity contribution < 1.29 is 8.42 Å². The van der Waals surface area contributed by atoms with Crippen molar-refractivity contribution in [3.63, 3.8) is 0 Å². The van der Waals surface area contributed by atoms with Crippen molar-refractivity contribution in [1.82, 2.24) is 4.31 Å². The Morgan fingerprint density at radius 3 is 2.21 bits per heavy atom. The van der Waals surface area contributed by atoms with Gasteiger partial charge in [0.2, 0.25) is 10.0 Å². The smallest absolute Gasteiger partial charge is 0.207 e. The van der Waals surface area contributed by atoms with Crippen LogP contribution in [-0.4, -0.2) is 38.3 Å². The second-order valence-electron chi connectivity index (χ2n) is 4.32. The van der Waals surface area contributed by atoms with Crippen LogP contribution in [0.4, 0.5) is 0 Å². The van der Waals surface area contributed by atoms with Gasteiger partial charge in [0.25, 0.3) is 0 Å². The van der Waals surface area contributed by atoms with Crippen molar-refractivity contribution in [2.45, 2.75) is 6.42 Å². The molecule has 0 bridgehead atoms. The molecule has 1 fully saturated rings. The molecule has 0 N–H and O–H groups in total. The van der Waals surface area contributed by atoms with E-state index in [4.69, 9.17) is 0 Å². The van der Waals surface area contributed by atoms with E-state index < -0.39 is 10.0 Å². The van der Waals surface area contributed by atoms with Gasteiger partial charge in [0.1, 0.15) is 4.91 Å². The van der Waals surface area contributed by atoms with Crippen LogP contribution >= 0.6 is 23.5 Å². The molecule has 1 heterocycles. The summed E-state index contributed by atoms with van der Waals surface area (Å²) in [6.07, 6.45) is 1.13. The quantitative estimate of drug-likeness (QED) is 0.859. The van der Waals surface area contributed by atoms with Gasteiger partial charge in [-0.1, -0.05) is 30.3 Å². The van der Waals surface area contributed by atoms with Crippen LogP contribution in [0.3, 0.4) is 0 Å². The lowest BCUT2D eigenvalue weighted by molar-refractivity contribution is 0.532. The summed E-state index contributed by atoms with van der Waals surface area (Å²) in [6.45, 7) is 0. The van der Waals surface area contributed by atoms with Crippen molar-refractivity contribution >= 4 is 38.5 Å². The minimum absolute atomic E-state index is 0.452.